The van der Waals surface area contributed by atoms with Gasteiger partial charge in [-0.2, -0.15) is 0 Å². The van der Waals surface area contributed by atoms with Crippen LogP contribution in [0.4, 0.5) is 0 Å². The van der Waals surface area contributed by atoms with Gasteiger partial charge in [-0.05, 0) is 0 Å². The van der Waals surface area contributed by atoms with Gasteiger partial charge in [0.2, 0.25) is 0 Å². The molecule has 0 saturated heterocycles. The first-order chi connectivity index (χ1) is 22.9. The van der Waals surface area contributed by atoms with E-state index in [9.17, 15) is 47.9 Å². The highest BCUT2D eigenvalue weighted by atomic mass is 16.6. The van der Waals surface area contributed by atoms with Gasteiger partial charge in [0.15, 0.2) is 0 Å². The largest absolute Gasteiger partial charge is 0.394 e. The molecule has 0 N–H and O–H groups in total. The van der Waals surface area contributed by atoms with Crippen molar-refractivity contribution in [3.05, 3.63) is 0 Å². The monoisotopic (exact) mass is 734 g/mol. The molecule has 0 bridgehead atoms. The number of carbonyl (C=O) groups excluding carboxylic acids is 10. The third-order valence-corrected chi connectivity index (χ3v) is 4.86. The molecule has 0 aromatic heterocycles. The molecule has 0 radical (unpaired) electrons. The van der Waals surface area contributed by atoms with Crippen LogP contribution in [0, 0.1) is 47.3 Å². The topological polar surface area (TPSA) is 217 Å². The lowest BCUT2D eigenvalue weighted by Crippen LogP contribution is -2.20. The summed E-state index contributed by atoms with van der Waals surface area (Å²) >= 11 is 0. The molecule has 15 nitrogen and oxygen atoms in total. The maximum atomic E-state index is 10.8. The zero-order valence-electron chi connectivity index (χ0n) is 33.7. The third-order valence-electron chi connectivity index (χ3n) is 4.86. The zero-order valence-corrected chi connectivity index (χ0v) is 33.7. The van der Waals surface area contributed by atoms with Crippen molar-refractivity contribution < 1.29 is 71.6 Å². The number of hydrogen-bond donors (Lipinski definition) is 0. The number of esters is 10. The minimum atomic E-state index is -0.562. The lowest BCUT2D eigenvalue weighted by Gasteiger charge is -2.06. The number of hydrogen-bond acceptors (Lipinski definition) is 15. The van der Waals surface area contributed by atoms with Gasteiger partial charge in [0.25, 0.3) is 0 Å². The van der Waals surface area contributed by atoms with Gasteiger partial charge in [-0.25, -0.2) is 0 Å². The van der Waals surface area contributed by atoms with Crippen molar-refractivity contribution in [2.24, 2.45) is 47.3 Å². The Morgan fingerprint density at radius 2 is 0.333 bits per heavy atom. The predicted molar refractivity (Wildman–Crippen MR) is 186 cm³/mol. The van der Waals surface area contributed by atoms with Gasteiger partial charge >= 0.3 is 59.7 Å². The average molecular weight is 735 g/mol. The van der Waals surface area contributed by atoms with Crippen LogP contribution >= 0.6 is 0 Å². The van der Waals surface area contributed by atoms with E-state index in [4.69, 9.17) is 0 Å². The summed E-state index contributed by atoms with van der Waals surface area (Å²) in [7, 11) is 0. The maximum absolute atomic E-state index is 10.8. The molecule has 0 aliphatic rings. The second-order valence-electron chi connectivity index (χ2n) is 13.3. The average Bonchev–Trinajstić information content (AvgIpc) is 2.96. The van der Waals surface area contributed by atoms with Crippen molar-refractivity contribution in [1.82, 2.24) is 0 Å². The van der Waals surface area contributed by atoms with Crippen LogP contribution in [0.2, 0.25) is 0 Å². The molecule has 0 aliphatic carbocycles. The highest BCUT2D eigenvalue weighted by Gasteiger charge is 2.18. The molecule has 0 aromatic rings. The minimum absolute atomic E-state index is 0.238. The molecule has 0 spiro atoms. The quantitative estimate of drug-likeness (QED) is 0.169. The highest BCUT2D eigenvalue weighted by Crippen LogP contribution is 2.04. The predicted octanol–water partition coefficient (Wildman–Crippen LogP) is 5.57. The Morgan fingerprint density at radius 1 is 0.235 bits per heavy atom. The van der Waals surface area contributed by atoms with Crippen molar-refractivity contribution in [1.29, 1.82) is 0 Å². The maximum Gasteiger partial charge on any atom is 0.316 e. The second-order valence-corrected chi connectivity index (χ2v) is 13.3. The van der Waals surface area contributed by atoms with E-state index in [1.54, 1.807) is 111 Å². The molecule has 0 atom stereocenters. The van der Waals surface area contributed by atoms with E-state index >= 15 is 0 Å². The van der Waals surface area contributed by atoms with Crippen molar-refractivity contribution in [3.63, 3.8) is 0 Å². The van der Waals surface area contributed by atoms with Gasteiger partial charge in [-0.3, -0.25) is 47.9 Å². The molecule has 296 valence electrons. The van der Waals surface area contributed by atoms with Gasteiger partial charge < -0.3 is 23.7 Å². The number of rotatable bonds is 8. The summed E-state index contributed by atoms with van der Waals surface area (Å²) in [5.74, 6) is -6.67. The van der Waals surface area contributed by atoms with E-state index in [0.717, 1.165) is 0 Å². The van der Waals surface area contributed by atoms with Crippen molar-refractivity contribution >= 4 is 59.7 Å². The molecule has 0 amide bonds. The summed E-state index contributed by atoms with van der Waals surface area (Å²) in [4.78, 5) is 106. The normalized spacial score (nSPS) is 10.0. The van der Waals surface area contributed by atoms with Crippen LogP contribution in [0.25, 0.3) is 0 Å². The van der Waals surface area contributed by atoms with E-state index in [2.05, 4.69) is 23.7 Å². The SMILES string of the molecule is CC(=O)OC(C)=O.CC(C)C(=O)OC(=O)C(C)C.CC(C)C(=O)OC(=O)C(C)C.CC(C)C(=O)OC(=O)C(C)C.CC(C)C(=O)OC(=O)C(C)C. The first-order valence-electron chi connectivity index (χ1n) is 16.6. The van der Waals surface area contributed by atoms with Crippen LogP contribution in [0.15, 0.2) is 0 Å². The van der Waals surface area contributed by atoms with Crippen LogP contribution in [-0.2, 0) is 71.6 Å². The Bertz CT molecular complexity index is 905. The Labute approximate surface area is 303 Å². The van der Waals surface area contributed by atoms with Crippen LogP contribution in [0.3, 0.4) is 0 Å². The van der Waals surface area contributed by atoms with Gasteiger partial charge in [-0.15, -0.1) is 0 Å². The van der Waals surface area contributed by atoms with E-state index in [-0.39, 0.29) is 47.3 Å². The summed E-state index contributed by atoms with van der Waals surface area (Å²) in [5, 5.41) is 0. The molecule has 0 unspecified atom stereocenters. The molecule has 0 saturated carbocycles. The van der Waals surface area contributed by atoms with Crippen molar-refractivity contribution in [3.8, 4) is 0 Å². The molecule has 0 fully saturated rings. The van der Waals surface area contributed by atoms with Crippen LogP contribution < -0.4 is 0 Å². The van der Waals surface area contributed by atoms with E-state index in [0.29, 0.717) is 0 Å². The van der Waals surface area contributed by atoms with Crippen LogP contribution in [-0.4, -0.2) is 59.7 Å². The van der Waals surface area contributed by atoms with E-state index in [1.807, 2.05) is 0 Å². The Morgan fingerprint density at radius 3 is 0.373 bits per heavy atom. The molecule has 0 aromatic carbocycles. The van der Waals surface area contributed by atoms with E-state index in [1.165, 1.54) is 13.8 Å². The number of carbonyl (C=O) groups is 10. The molecule has 0 heterocycles. The Balaban J connectivity index is -0.000000174. The summed E-state index contributed by atoms with van der Waals surface area (Å²) in [6.07, 6.45) is 0. The standard InChI is InChI=1S/4C8H14O3.C4H6O3/c4*1-5(2)7(9)11-8(10)6(3)4;1-3(5)7-4(2)6/h4*5-6H,1-4H3;1-2H3. The number of ether oxygens (including phenoxy) is 5. The van der Waals surface area contributed by atoms with Gasteiger partial charge in [0.1, 0.15) is 0 Å². The Kier molecular flexibility index (Phi) is 33.6. The lowest BCUT2D eigenvalue weighted by molar-refractivity contribution is -0.165. The molecular formula is C36H62O15. The van der Waals surface area contributed by atoms with Gasteiger partial charge in [0.05, 0.1) is 47.3 Å². The molecule has 15 heteroatoms. The fourth-order valence-corrected chi connectivity index (χ4v) is 1.54. The molecule has 0 rings (SSSR count). The van der Waals surface area contributed by atoms with Crippen molar-refractivity contribution in [2.75, 3.05) is 0 Å². The smallest absolute Gasteiger partial charge is 0.316 e. The molecule has 0 aliphatic heterocycles. The zero-order chi connectivity index (χ0) is 41.9. The summed E-state index contributed by atoms with van der Waals surface area (Å²) in [6.45, 7) is 29.4. The van der Waals surface area contributed by atoms with Gasteiger partial charge in [0, 0.05) is 13.8 Å². The van der Waals surface area contributed by atoms with Crippen LogP contribution in [0.1, 0.15) is 125 Å². The highest BCUT2D eigenvalue weighted by molar-refractivity contribution is 5.89. The lowest BCUT2D eigenvalue weighted by atomic mass is 10.2. The first kappa shape index (κ1) is 56.1. The fourth-order valence-electron chi connectivity index (χ4n) is 1.54. The molecular weight excluding hydrogens is 672 g/mol. The third kappa shape index (κ3) is 38.4. The summed E-state index contributed by atoms with van der Waals surface area (Å²) in [5.41, 5.74) is 0. The van der Waals surface area contributed by atoms with Crippen molar-refractivity contribution in [2.45, 2.75) is 125 Å². The fraction of sp³-hybridized carbons (Fsp3) is 0.722. The first-order valence-corrected chi connectivity index (χ1v) is 16.6. The van der Waals surface area contributed by atoms with Gasteiger partial charge in [-0.1, -0.05) is 111 Å². The summed E-state index contributed by atoms with van der Waals surface area (Å²) < 4.78 is 22.0. The minimum Gasteiger partial charge on any atom is -0.394 e. The summed E-state index contributed by atoms with van der Waals surface area (Å²) in [6, 6.07) is 0. The second kappa shape index (κ2) is 30.5. The Hall–Kier alpha value is -4.30. The molecule has 51 heavy (non-hydrogen) atoms. The van der Waals surface area contributed by atoms with Crippen LogP contribution in [0.5, 0.6) is 0 Å². The van der Waals surface area contributed by atoms with E-state index < -0.39 is 59.7 Å².